The summed E-state index contributed by atoms with van der Waals surface area (Å²) in [5, 5.41) is 3.13. The van der Waals surface area contributed by atoms with Gasteiger partial charge in [0.05, 0.1) is 13.2 Å². The second-order valence-electron chi connectivity index (χ2n) is 5.50. The van der Waals surface area contributed by atoms with Crippen molar-refractivity contribution < 1.29 is 9.47 Å². The molecule has 1 aliphatic rings. The van der Waals surface area contributed by atoms with Gasteiger partial charge in [-0.05, 0) is 38.8 Å². The molecule has 0 radical (unpaired) electrons. The van der Waals surface area contributed by atoms with E-state index < -0.39 is 0 Å². The predicted octanol–water partition coefficient (Wildman–Crippen LogP) is 0.902. The Morgan fingerprint density at radius 1 is 1.33 bits per heavy atom. The van der Waals surface area contributed by atoms with E-state index in [1.165, 1.54) is 12.8 Å². The van der Waals surface area contributed by atoms with E-state index in [1.54, 1.807) is 14.2 Å². The number of nitrogens with two attached hydrogens (primary N) is 1. The Morgan fingerprint density at radius 3 is 2.57 bits per heavy atom. The van der Waals surface area contributed by atoms with Gasteiger partial charge in [-0.3, -0.25) is 4.99 Å². The molecule has 0 aliphatic carbocycles. The van der Waals surface area contributed by atoms with Crippen LogP contribution in [0.2, 0.25) is 0 Å². The van der Waals surface area contributed by atoms with E-state index in [4.69, 9.17) is 15.2 Å². The highest BCUT2D eigenvalue weighted by molar-refractivity contribution is 14.0. The number of methoxy groups -OCH3 is 2. The first-order valence-corrected chi connectivity index (χ1v) is 7.42. The molecule has 0 amide bonds. The molecule has 6 nitrogen and oxygen atoms in total. The monoisotopic (exact) mass is 414 g/mol. The van der Waals surface area contributed by atoms with Crippen LogP contribution < -0.4 is 11.1 Å². The maximum atomic E-state index is 5.87. The first-order chi connectivity index (χ1) is 9.65. The number of guanidine groups is 1. The second-order valence-corrected chi connectivity index (χ2v) is 5.50. The third kappa shape index (κ3) is 9.49. The fourth-order valence-corrected chi connectivity index (χ4v) is 2.43. The molecular formula is C14H31IN4O2. The second kappa shape index (κ2) is 12.4. The average molecular weight is 414 g/mol. The summed E-state index contributed by atoms with van der Waals surface area (Å²) in [7, 11) is 3.44. The average Bonchev–Trinajstić information content (AvgIpc) is 2.44. The minimum Gasteiger partial charge on any atom is -0.383 e. The summed E-state index contributed by atoms with van der Waals surface area (Å²) in [5.74, 6) is 1.17. The van der Waals surface area contributed by atoms with Crippen LogP contribution in [0.4, 0.5) is 0 Å². The van der Waals surface area contributed by atoms with E-state index >= 15 is 0 Å². The topological polar surface area (TPSA) is 72.1 Å². The van der Waals surface area contributed by atoms with Crippen LogP contribution in [0.1, 0.15) is 19.8 Å². The summed E-state index contributed by atoms with van der Waals surface area (Å²) in [6, 6.07) is 0.194. The molecule has 1 saturated heterocycles. The van der Waals surface area contributed by atoms with Gasteiger partial charge >= 0.3 is 0 Å². The highest BCUT2D eigenvalue weighted by Gasteiger charge is 2.18. The van der Waals surface area contributed by atoms with Gasteiger partial charge in [0, 0.05) is 33.4 Å². The molecule has 0 aromatic heterocycles. The van der Waals surface area contributed by atoms with E-state index in [1.807, 2.05) is 6.92 Å². The number of halogens is 1. The van der Waals surface area contributed by atoms with Crippen LogP contribution in [0.5, 0.6) is 0 Å². The molecule has 1 heterocycles. The lowest BCUT2D eigenvalue weighted by Crippen LogP contribution is -2.41. The van der Waals surface area contributed by atoms with Crippen LogP contribution in [0.3, 0.4) is 0 Å². The summed E-state index contributed by atoms with van der Waals surface area (Å²) < 4.78 is 10.2. The molecule has 0 saturated carbocycles. The lowest BCUT2D eigenvalue weighted by molar-refractivity contribution is 0.121. The lowest BCUT2D eigenvalue weighted by atomic mass is 9.97. The van der Waals surface area contributed by atoms with Crippen LogP contribution in [0.25, 0.3) is 0 Å². The molecule has 3 N–H and O–H groups in total. The van der Waals surface area contributed by atoms with E-state index in [2.05, 4.69) is 15.2 Å². The molecule has 0 aromatic rings. The fraction of sp³-hybridized carbons (Fsp3) is 0.929. The summed E-state index contributed by atoms with van der Waals surface area (Å²) in [6.07, 6.45) is 2.38. The summed E-state index contributed by atoms with van der Waals surface area (Å²) in [5.41, 5.74) is 5.87. The Balaban J connectivity index is 0.00000400. The van der Waals surface area contributed by atoms with E-state index in [9.17, 15) is 0 Å². The minimum atomic E-state index is 0. The van der Waals surface area contributed by atoms with Crippen molar-refractivity contribution in [2.75, 3.05) is 53.6 Å². The molecule has 21 heavy (non-hydrogen) atoms. The van der Waals surface area contributed by atoms with Crippen LogP contribution >= 0.6 is 24.0 Å². The van der Waals surface area contributed by atoms with Crippen molar-refractivity contribution in [2.24, 2.45) is 16.6 Å². The molecule has 0 bridgehead atoms. The summed E-state index contributed by atoms with van der Waals surface area (Å²) >= 11 is 0. The van der Waals surface area contributed by atoms with Crippen LogP contribution in [-0.4, -0.2) is 70.5 Å². The standard InChI is InChI=1S/C14H30N4O2.HI/c1-12(11-20-3)17-14(15)16-10-13-4-6-18(7-5-13)8-9-19-2;/h12-13H,4-11H2,1-3H3,(H3,15,16,17);1H. The number of aliphatic imine (C=N–C) groups is 1. The van der Waals surface area contributed by atoms with Gasteiger partial charge in [-0.1, -0.05) is 0 Å². The number of hydrogen-bond donors (Lipinski definition) is 2. The number of ether oxygens (including phenoxy) is 2. The summed E-state index contributed by atoms with van der Waals surface area (Å²) in [6.45, 7) is 7.60. The number of likely N-dealkylation sites (tertiary alicyclic amines) is 1. The third-order valence-electron chi connectivity index (χ3n) is 3.65. The smallest absolute Gasteiger partial charge is 0.188 e. The molecule has 7 heteroatoms. The van der Waals surface area contributed by atoms with Gasteiger partial charge in [0.1, 0.15) is 0 Å². The fourth-order valence-electron chi connectivity index (χ4n) is 2.43. The predicted molar refractivity (Wildman–Crippen MR) is 97.4 cm³/mol. The van der Waals surface area contributed by atoms with Gasteiger partial charge in [0.2, 0.25) is 0 Å². The van der Waals surface area contributed by atoms with E-state index in [-0.39, 0.29) is 30.0 Å². The van der Waals surface area contributed by atoms with Crippen molar-refractivity contribution >= 4 is 29.9 Å². The normalized spacial score (nSPS) is 19.1. The zero-order chi connectivity index (χ0) is 14.8. The number of nitrogens with one attached hydrogen (secondary N) is 1. The molecule has 1 unspecified atom stereocenters. The van der Waals surface area contributed by atoms with Gasteiger partial charge in [0.25, 0.3) is 0 Å². The SMILES string of the molecule is COCCN1CCC(CN=C(N)NC(C)COC)CC1.I. The zero-order valence-corrected chi connectivity index (χ0v) is 15.8. The number of piperidine rings is 1. The minimum absolute atomic E-state index is 0. The van der Waals surface area contributed by atoms with Crippen molar-refractivity contribution in [1.29, 1.82) is 0 Å². The van der Waals surface area contributed by atoms with Crippen LogP contribution in [-0.2, 0) is 9.47 Å². The van der Waals surface area contributed by atoms with Gasteiger partial charge in [-0.2, -0.15) is 0 Å². The molecule has 0 spiro atoms. The lowest BCUT2D eigenvalue weighted by Gasteiger charge is -2.31. The number of hydrogen-bond acceptors (Lipinski definition) is 4. The largest absolute Gasteiger partial charge is 0.383 e. The van der Waals surface area contributed by atoms with Crippen molar-refractivity contribution in [3.63, 3.8) is 0 Å². The van der Waals surface area contributed by atoms with E-state index in [0.29, 0.717) is 18.5 Å². The van der Waals surface area contributed by atoms with Crippen molar-refractivity contribution in [1.82, 2.24) is 10.2 Å². The molecule has 0 aromatic carbocycles. The van der Waals surface area contributed by atoms with Crippen LogP contribution in [0.15, 0.2) is 4.99 Å². The van der Waals surface area contributed by atoms with Gasteiger partial charge < -0.3 is 25.4 Å². The highest BCUT2D eigenvalue weighted by atomic mass is 127. The van der Waals surface area contributed by atoms with Crippen LogP contribution in [0, 0.1) is 5.92 Å². The molecule has 1 aliphatic heterocycles. The third-order valence-corrected chi connectivity index (χ3v) is 3.65. The van der Waals surface area contributed by atoms with Crippen molar-refractivity contribution in [3.8, 4) is 0 Å². The van der Waals surface area contributed by atoms with Gasteiger partial charge in [0.15, 0.2) is 5.96 Å². The number of nitrogens with zero attached hydrogens (tertiary/aromatic N) is 2. The molecule has 1 atom stereocenters. The highest BCUT2D eigenvalue weighted by Crippen LogP contribution is 2.17. The molecule has 126 valence electrons. The Labute approximate surface area is 145 Å². The first-order valence-electron chi connectivity index (χ1n) is 7.42. The Bertz CT molecular complexity index is 284. The first kappa shape index (κ1) is 20.9. The zero-order valence-electron chi connectivity index (χ0n) is 13.5. The van der Waals surface area contributed by atoms with Crippen molar-refractivity contribution in [2.45, 2.75) is 25.8 Å². The quantitative estimate of drug-likeness (QED) is 0.351. The molecule has 1 fully saturated rings. The maximum absolute atomic E-state index is 5.87. The van der Waals surface area contributed by atoms with Gasteiger partial charge in [-0.15, -0.1) is 24.0 Å². The van der Waals surface area contributed by atoms with E-state index in [0.717, 1.165) is 32.8 Å². The Kier molecular flexibility index (Phi) is 12.4. The maximum Gasteiger partial charge on any atom is 0.188 e. The van der Waals surface area contributed by atoms with Crippen molar-refractivity contribution in [3.05, 3.63) is 0 Å². The Hall–Kier alpha value is -0.120. The Morgan fingerprint density at radius 2 is 2.00 bits per heavy atom. The molecular weight excluding hydrogens is 383 g/mol. The molecule has 1 rings (SSSR count). The summed E-state index contributed by atoms with van der Waals surface area (Å²) in [4.78, 5) is 6.89. The van der Waals surface area contributed by atoms with Gasteiger partial charge in [-0.25, -0.2) is 0 Å². The number of rotatable bonds is 8.